The number of hydrogen-bond donors (Lipinski definition) is 2. The zero-order valence-corrected chi connectivity index (χ0v) is 10.8. The summed E-state index contributed by atoms with van der Waals surface area (Å²) < 4.78 is 0.957. The molecule has 0 saturated carbocycles. The van der Waals surface area contributed by atoms with E-state index in [9.17, 15) is 0 Å². The molecule has 0 atom stereocenters. The highest BCUT2D eigenvalue weighted by Crippen LogP contribution is 2.14. The molecule has 0 unspecified atom stereocenters. The predicted octanol–water partition coefficient (Wildman–Crippen LogP) is 2.95. The number of aromatic nitrogens is 1. The van der Waals surface area contributed by atoms with Crippen molar-refractivity contribution in [3.63, 3.8) is 0 Å². The second kappa shape index (κ2) is 5.80. The summed E-state index contributed by atoms with van der Waals surface area (Å²) in [5, 5.41) is 12.2. The minimum absolute atomic E-state index is 0.0866. The summed E-state index contributed by atoms with van der Waals surface area (Å²) in [5.41, 5.74) is 3.07. The number of nitrogens with one attached hydrogen (secondary N) is 1. The van der Waals surface area contributed by atoms with Gasteiger partial charge in [-0.2, -0.15) is 0 Å². The van der Waals surface area contributed by atoms with Crippen molar-refractivity contribution in [2.75, 3.05) is 5.32 Å². The fourth-order valence-electron chi connectivity index (χ4n) is 1.48. The van der Waals surface area contributed by atoms with Crippen molar-refractivity contribution < 1.29 is 5.11 Å². The lowest BCUT2D eigenvalue weighted by Gasteiger charge is -2.06. The molecule has 0 aliphatic heterocycles. The summed E-state index contributed by atoms with van der Waals surface area (Å²) in [7, 11) is 0. The van der Waals surface area contributed by atoms with Gasteiger partial charge in [-0.15, -0.1) is 0 Å². The molecule has 3 nitrogen and oxygen atoms in total. The SMILES string of the molecule is OCc1ccc(CNc2cncc(Br)c2)cc1. The molecule has 1 aromatic carbocycles. The van der Waals surface area contributed by atoms with Crippen LogP contribution in [0.2, 0.25) is 0 Å². The van der Waals surface area contributed by atoms with Gasteiger partial charge >= 0.3 is 0 Å². The lowest BCUT2D eigenvalue weighted by molar-refractivity contribution is 0.282. The monoisotopic (exact) mass is 292 g/mol. The molecule has 0 radical (unpaired) electrons. The average Bonchev–Trinajstić information content (AvgIpc) is 2.37. The molecule has 2 rings (SSSR count). The lowest BCUT2D eigenvalue weighted by atomic mass is 10.1. The van der Waals surface area contributed by atoms with Crippen LogP contribution in [0, 0.1) is 0 Å². The first-order chi connectivity index (χ1) is 8.28. The van der Waals surface area contributed by atoms with Gasteiger partial charge in [0.1, 0.15) is 0 Å². The van der Waals surface area contributed by atoms with Crippen molar-refractivity contribution in [2.45, 2.75) is 13.2 Å². The third-order valence-electron chi connectivity index (χ3n) is 2.41. The number of benzene rings is 1. The average molecular weight is 293 g/mol. The lowest BCUT2D eigenvalue weighted by Crippen LogP contribution is -1.99. The Balaban J connectivity index is 1.97. The predicted molar refractivity (Wildman–Crippen MR) is 71.6 cm³/mol. The molecule has 17 heavy (non-hydrogen) atoms. The molecule has 88 valence electrons. The van der Waals surface area contributed by atoms with Gasteiger partial charge in [0.2, 0.25) is 0 Å². The minimum atomic E-state index is 0.0866. The summed E-state index contributed by atoms with van der Waals surface area (Å²) in [4.78, 5) is 4.08. The Morgan fingerprint density at radius 3 is 2.47 bits per heavy atom. The molecule has 0 saturated heterocycles. The summed E-state index contributed by atoms with van der Waals surface area (Å²) >= 11 is 3.38. The van der Waals surface area contributed by atoms with Gasteiger partial charge < -0.3 is 10.4 Å². The van der Waals surface area contributed by atoms with E-state index in [0.29, 0.717) is 0 Å². The molecule has 2 N–H and O–H groups in total. The summed E-state index contributed by atoms with van der Waals surface area (Å²) in [6.07, 6.45) is 3.54. The Morgan fingerprint density at radius 2 is 1.82 bits per heavy atom. The molecule has 0 aliphatic rings. The van der Waals surface area contributed by atoms with Crippen molar-refractivity contribution in [1.82, 2.24) is 4.98 Å². The van der Waals surface area contributed by atoms with Gasteiger partial charge in [0.15, 0.2) is 0 Å². The Labute approximate surface area is 109 Å². The number of rotatable bonds is 4. The van der Waals surface area contributed by atoms with Crippen LogP contribution >= 0.6 is 15.9 Å². The van der Waals surface area contributed by atoms with Crippen LogP contribution in [0.15, 0.2) is 47.2 Å². The number of aliphatic hydroxyl groups is 1. The molecule has 2 aromatic rings. The Hall–Kier alpha value is -1.39. The Kier molecular flexibility index (Phi) is 4.12. The maximum absolute atomic E-state index is 8.94. The van der Waals surface area contributed by atoms with Gasteiger partial charge in [0.25, 0.3) is 0 Å². The summed E-state index contributed by atoms with van der Waals surface area (Å²) in [6.45, 7) is 0.826. The van der Waals surface area contributed by atoms with E-state index in [4.69, 9.17) is 5.11 Å². The normalized spacial score (nSPS) is 10.2. The Morgan fingerprint density at radius 1 is 1.12 bits per heavy atom. The molecule has 0 amide bonds. The zero-order valence-electron chi connectivity index (χ0n) is 9.23. The number of halogens is 1. The van der Waals surface area contributed by atoms with E-state index < -0.39 is 0 Å². The summed E-state index contributed by atoms with van der Waals surface area (Å²) in [5.74, 6) is 0. The molecule has 0 aliphatic carbocycles. The van der Waals surface area contributed by atoms with Gasteiger partial charge in [-0.05, 0) is 33.1 Å². The maximum Gasteiger partial charge on any atom is 0.0681 e. The van der Waals surface area contributed by atoms with E-state index in [0.717, 1.165) is 22.3 Å². The highest BCUT2D eigenvalue weighted by atomic mass is 79.9. The highest BCUT2D eigenvalue weighted by molar-refractivity contribution is 9.10. The van der Waals surface area contributed by atoms with Crippen LogP contribution in [0.5, 0.6) is 0 Å². The molecular weight excluding hydrogens is 280 g/mol. The number of anilines is 1. The fourth-order valence-corrected chi connectivity index (χ4v) is 1.84. The molecular formula is C13H13BrN2O. The molecule has 0 spiro atoms. The van der Waals surface area contributed by atoms with Gasteiger partial charge in [0, 0.05) is 17.2 Å². The topological polar surface area (TPSA) is 45.1 Å². The van der Waals surface area contributed by atoms with Crippen LogP contribution in [-0.4, -0.2) is 10.1 Å². The second-order valence-corrected chi connectivity index (χ2v) is 4.64. The van der Waals surface area contributed by atoms with E-state index in [2.05, 4.69) is 26.2 Å². The first-order valence-electron chi connectivity index (χ1n) is 5.31. The second-order valence-electron chi connectivity index (χ2n) is 3.72. The van der Waals surface area contributed by atoms with E-state index in [-0.39, 0.29) is 6.61 Å². The zero-order chi connectivity index (χ0) is 12.1. The standard InChI is InChI=1S/C13H13BrN2O/c14-12-5-13(8-15-7-12)16-6-10-1-3-11(9-17)4-2-10/h1-5,7-8,16-17H,6,9H2. The van der Waals surface area contributed by atoms with Crippen molar-refractivity contribution in [3.05, 3.63) is 58.3 Å². The van der Waals surface area contributed by atoms with Crippen molar-refractivity contribution in [2.24, 2.45) is 0 Å². The van der Waals surface area contributed by atoms with Gasteiger partial charge in [0.05, 0.1) is 18.5 Å². The number of pyridine rings is 1. The van der Waals surface area contributed by atoms with Crippen molar-refractivity contribution in [1.29, 1.82) is 0 Å². The Bertz CT molecular complexity index is 485. The van der Waals surface area contributed by atoms with Crippen LogP contribution in [0.25, 0.3) is 0 Å². The number of aliphatic hydroxyl groups excluding tert-OH is 1. The molecule has 1 aromatic heterocycles. The van der Waals surface area contributed by atoms with Gasteiger partial charge in [-0.3, -0.25) is 4.98 Å². The largest absolute Gasteiger partial charge is 0.392 e. The van der Waals surface area contributed by atoms with Crippen LogP contribution in [-0.2, 0) is 13.2 Å². The molecule has 1 heterocycles. The first-order valence-corrected chi connectivity index (χ1v) is 6.10. The van der Waals surface area contributed by atoms with E-state index in [1.54, 1.807) is 12.4 Å². The number of nitrogens with zero attached hydrogens (tertiary/aromatic N) is 1. The van der Waals surface area contributed by atoms with Gasteiger partial charge in [-0.1, -0.05) is 24.3 Å². The quantitative estimate of drug-likeness (QED) is 0.911. The van der Waals surface area contributed by atoms with Gasteiger partial charge in [-0.25, -0.2) is 0 Å². The third kappa shape index (κ3) is 3.54. The van der Waals surface area contributed by atoms with Crippen LogP contribution in [0.1, 0.15) is 11.1 Å². The molecule has 0 fully saturated rings. The van der Waals surface area contributed by atoms with Crippen LogP contribution in [0.4, 0.5) is 5.69 Å². The van der Waals surface area contributed by atoms with Crippen molar-refractivity contribution in [3.8, 4) is 0 Å². The first kappa shape index (κ1) is 12.1. The summed E-state index contributed by atoms with van der Waals surface area (Å²) in [6, 6.07) is 9.84. The highest BCUT2D eigenvalue weighted by Gasteiger charge is 1.96. The van der Waals surface area contributed by atoms with E-state index in [1.165, 1.54) is 5.56 Å². The van der Waals surface area contributed by atoms with E-state index >= 15 is 0 Å². The smallest absolute Gasteiger partial charge is 0.0681 e. The molecule has 4 heteroatoms. The van der Waals surface area contributed by atoms with Crippen molar-refractivity contribution >= 4 is 21.6 Å². The molecule has 0 bridgehead atoms. The number of hydrogen-bond acceptors (Lipinski definition) is 3. The fraction of sp³-hybridized carbons (Fsp3) is 0.154. The third-order valence-corrected chi connectivity index (χ3v) is 2.84. The maximum atomic E-state index is 8.94. The van der Waals surface area contributed by atoms with Crippen LogP contribution in [0.3, 0.4) is 0 Å². The van der Waals surface area contributed by atoms with E-state index in [1.807, 2.05) is 30.3 Å². The minimum Gasteiger partial charge on any atom is -0.392 e. The van der Waals surface area contributed by atoms with Crippen LogP contribution < -0.4 is 5.32 Å².